The second-order valence-electron chi connectivity index (χ2n) is 6.27. The van der Waals surface area contributed by atoms with Crippen LogP contribution in [0.4, 0.5) is 0 Å². The van der Waals surface area contributed by atoms with E-state index in [0.717, 1.165) is 5.57 Å². The number of rotatable bonds is 5. The summed E-state index contributed by atoms with van der Waals surface area (Å²) in [4.78, 5) is 14.1. The molecule has 0 amide bonds. The third-order valence-electron chi connectivity index (χ3n) is 4.43. The monoisotopic (exact) mass is 418 g/mol. The van der Waals surface area contributed by atoms with Gasteiger partial charge in [0, 0.05) is 0 Å². The molecule has 0 heterocycles. The van der Waals surface area contributed by atoms with Crippen molar-refractivity contribution >= 4 is 36.9 Å². The van der Waals surface area contributed by atoms with Gasteiger partial charge in [0.25, 0.3) is 0 Å². The fourth-order valence-corrected chi connectivity index (χ4v) is 11.5. The van der Waals surface area contributed by atoms with Gasteiger partial charge in [-0.25, -0.2) is 0 Å². The van der Waals surface area contributed by atoms with Crippen molar-refractivity contribution in [3.63, 3.8) is 0 Å². The molecule has 0 saturated carbocycles. The van der Waals surface area contributed by atoms with Crippen LogP contribution in [0, 0.1) is 0 Å². The van der Waals surface area contributed by atoms with Crippen LogP contribution in [0.25, 0.3) is 0 Å². The van der Waals surface area contributed by atoms with Crippen LogP contribution in [-0.4, -0.2) is 31.0 Å². The Bertz CT molecular complexity index is 871. The summed E-state index contributed by atoms with van der Waals surface area (Å²) in [5, 5.41) is 0. The standard InChI is InChI=1S/C24H23AsO2/c1-20(18-24(26)27-2)19-25(21-12-6-3-7-13-21,22-14-8-4-9-15-22)23-16-10-5-11-17-23/h3-19H,1-2H3/b20-18+. The Morgan fingerprint density at radius 2 is 1.11 bits per heavy atom. The van der Waals surface area contributed by atoms with E-state index in [1.54, 1.807) is 6.08 Å². The van der Waals surface area contributed by atoms with Gasteiger partial charge in [0.15, 0.2) is 0 Å². The Morgan fingerprint density at radius 1 is 0.741 bits per heavy atom. The average Bonchev–Trinajstić information content (AvgIpc) is 2.74. The Kier molecular flexibility index (Phi) is 6.21. The first-order valence-corrected chi connectivity index (χ1v) is 12.7. The summed E-state index contributed by atoms with van der Waals surface area (Å²) in [7, 11) is 1.41. The Labute approximate surface area is 163 Å². The molecule has 27 heavy (non-hydrogen) atoms. The van der Waals surface area contributed by atoms with Gasteiger partial charge < -0.3 is 0 Å². The van der Waals surface area contributed by atoms with Crippen molar-refractivity contribution in [3.8, 4) is 0 Å². The summed E-state index contributed by atoms with van der Waals surface area (Å²) in [5.74, 6) is -0.327. The molecule has 0 aromatic heterocycles. The minimum absolute atomic E-state index is 0.327. The summed E-state index contributed by atoms with van der Waals surface area (Å²) in [6.07, 6.45) is 1.57. The van der Waals surface area contributed by atoms with Crippen LogP contribution in [0.1, 0.15) is 6.92 Å². The normalized spacial score (nSPS) is 11.7. The van der Waals surface area contributed by atoms with Gasteiger partial charge in [0.05, 0.1) is 0 Å². The van der Waals surface area contributed by atoms with Crippen molar-refractivity contribution < 1.29 is 9.53 Å². The van der Waals surface area contributed by atoms with Crippen LogP contribution in [0.2, 0.25) is 0 Å². The summed E-state index contributed by atoms with van der Waals surface area (Å²) >= 11 is -2.93. The van der Waals surface area contributed by atoms with E-state index in [0.29, 0.717) is 0 Å². The minimum atomic E-state index is -2.93. The molecule has 0 aliphatic heterocycles. The number of carbonyl (C=O) groups excluding carboxylic acids is 1. The molecule has 0 N–H and O–H groups in total. The molecule has 0 aliphatic rings. The van der Waals surface area contributed by atoms with E-state index < -0.39 is 13.1 Å². The fraction of sp³-hybridized carbons (Fsp3) is 0.0833. The number of benzene rings is 3. The van der Waals surface area contributed by atoms with Gasteiger partial charge >= 0.3 is 163 Å². The molecule has 0 radical (unpaired) electrons. The van der Waals surface area contributed by atoms with Gasteiger partial charge in [-0.1, -0.05) is 0 Å². The molecule has 0 saturated heterocycles. The van der Waals surface area contributed by atoms with Gasteiger partial charge in [0.1, 0.15) is 0 Å². The number of methoxy groups -OCH3 is 1. The molecule has 3 rings (SSSR count). The number of esters is 1. The van der Waals surface area contributed by atoms with Crippen molar-refractivity contribution in [1.82, 2.24) is 0 Å². The summed E-state index contributed by atoms with van der Waals surface area (Å²) < 4.78 is 8.77. The zero-order valence-corrected chi connectivity index (χ0v) is 17.5. The van der Waals surface area contributed by atoms with Crippen molar-refractivity contribution in [2.45, 2.75) is 6.92 Å². The van der Waals surface area contributed by atoms with Crippen molar-refractivity contribution in [1.29, 1.82) is 0 Å². The van der Waals surface area contributed by atoms with Gasteiger partial charge in [-0.2, -0.15) is 0 Å². The van der Waals surface area contributed by atoms with Crippen molar-refractivity contribution in [2.24, 2.45) is 0 Å². The molecule has 0 aliphatic carbocycles. The molecule has 0 spiro atoms. The van der Waals surface area contributed by atoms with Crippen LogP contribution in [0.5, 0.6) is 0 Å². The van der Waals surface area contributed by atoms with Gasteiger partial charge in [-0.15, -0.1) is 0 Å². The number of hydrogen-bond donors (Lipinski definition) is 0. The fourth-order valence-electron chi connectivity index (χ4n) is 3.25. The van der Waals surface area contributed by atoms with Crippen molar-refractivity contribution in [2.75, 3.05) is 7.11 Å². The molecular weight excluding hydrogens is 395 g/mol. The molecule has 2 nitrogen and oxygen atoms in total. The SMILES string of the molecule is COC(=O)/C=C(\C)C=[As](c1ccccc1)(c1ccccc1)c1ccccc1. The Balaban J connectivity index is 2.40. The van der Waals surface area contributed by atoms with E-state index in [1.807, 2.05) is 25.1 Å². The zero-order chi connectivity index (χ0) is 19.1. The van der Waals surface area contributed by atoms with Crippen LogP contribution in [-0.2, 0) is 9.53 Å². The van der Waals surface area contributed by atoms with E-state index in [4.69, 9.17) is 4.74 Å². The average molecular weight is 418 g/mol. The van der Waals surface area contributed by atoms with Crippen molar-refractivity contribution in [3.05, 3.63) is 103 Å². The van der Waals surface area contributed by atoms with Crippen LogP contribution >= 0.6 is 0 Å². The number of ether oxygens (including phenoxy) is 1. The second kappa shape index (κ2) is 8.79. The van der Waals surface area contributed by atoms with E-state index in [-0.39, 0.29) is 5.97 Å². The van der Waals surface area contributed by atoms with Gasteiger partial charge in [-0.05, 0) is 0 Å². The molecule has 3 aromatic rings. The number of carbonyl (C=O) groups is 1. The third-order valence-corrected chi connectivity index (χ3v) is 13.1. The molecule has 0 bridgehead atoms. The molecule has 3 heteroatoms. The zero-order valence-electron chi connectivity index (χ0n) is 15.6. The first-order chi connectivity index (χ1) is 13.2. The number of hydrogen-bond acceptors (Lipinski definition) is 2. The summed E-state index contributed by atoms with van der Waals surface area (Å²) in [5.41, 5.74) is 0.922. The van der Waals surface area contributed by atoms with Crippen LogP contribution in [0.15, 0.2) is 103 Å². The quantitative estimate of drug-likeness (QED) is 0.362. The molecule has 0 atom stereocenters. The van der Waals surface area contributed by atoms with Crippen LogP contribution in [0.3, 0.4) is 0 Å². The first kappa shape index (κ1) is 19.1. The predicted molar refractivity (Wildman–Crippen MR) is 116 cm³/mol. The third kappa shape index (κ3) is 4.18. The number of allylic oxidation sites excluding steroid dienone is 1. The first-order valence-electron chi connectivity index (χ1n) is 8.84. The van der Waals surface area contributed by atoms with Gasteiger partial charge in [0.2, 0.25) is 0 Å². The van der Waals surface area contributed by atoms with E-state index in [2.05, 4.69) is 77.6 Å². The maximum atomic E-state index is 11.8. The molecule has 3 aromatic carbocycles. The topological polar surface area (TPSA) is 26.3 Å². The van der Waals surface area contributed by atoms with E-state index >= 15 is 0 Å². The van der Waals surface area contributed by atoms with E-state index in [9.17, 15) is 4.79 Å². The van der Waals surface area contributed by atoms with Gasteiger partial charge in [-0.3, -0.25) is 0 Å². The molecule has 136 valence electrons. The molecule has 0 unspecified atom stereocenters. The predicted octanol–water partition coefficient (Wildman–Crippen LogP) is 2.66. The second-order valence-corrected chi connectivity index (χ2v) is 13.1. The summed E-state index contributed by atoms with van der Waals surface area (Å²) in [6, 6.07) is 31.9. The summed E-state index contributed by atoms with van der Waals surface area (Å²) in [6.45, 7) is 1.97. The maximum absolute atomic E-state index is 11.8. The molecule has 0 fully saturated rings. The Morgan fingerprint density at radius 3 is 1.44 bits per heavy atom. The van der Waals surface area contributed by atoms with E-state index in [1.165, 1.54) is 20.2 Å². The van der Waals surface area contributed by atoms with Crippen LogP contribution < -0.4 is 13.1 Å². The molecular formula is C24H23AsO2. The Hall–Kier alpha value is -2.70.